The van der Waals surface area contributed by atoms with Crippen molar-refractivity contribution in [3.05, 3.63) is 29.9 Å². The zero-order valence-corrected chi connectivity index (χ0v) is 16.8. The van der Waals surface area contributed by atoms with Gasteiger partial charge in [-0.05, 0) is 45.0 Å². The Hall–Kier alpha value is -3.14. The van der Waals surface area contributed by atoms with Crippen LogP contribution in [0.4, 0.5) is 10.5 Å². The van der Waals surface area contributed by atoms with Gasteiger partial charge in [0.25, 0.3) is 0 Å². The molecule has 0 radical (unpaired) electrons. The van der Waals surface area contributed by atoms with Crippen molar-refractivity contribution in [2.75, 3.05) is 38.2 Å². The Balaban J connectivity index is 1.17. The minimum atomic E-state index is -0.567. The summed E-state index contributed by atoms with van der Waals surface area (Å²) in [5.74, 6) is 2.51. The molecular weight excluding hydrogens is 390 g/mol. The van der Waals surface area contributed by atoms with Crippen LogP contribution in [0.3, 0.4) is 0 Å². The number of hydrogen-bond donors (Lipinski definition) is 2. The van der Waals surface area contributed by atoms with Crippen LogP contribution in [0.5, 0.6) is 11.5 Å². The summed E-state index contributed by atoms with van der Waals surface area (Å²) in [6.07, 6.45) is 2.07. The quantitative estimate of drug-likeness (QED) is 0.762. The average Bonchev–Trinajstić information content (AvgIpc) is 3.19. The number of rotatable bonds is 5. The Morgan fingerprint density at radius 3 is 2.67 bits per heavy atom. The number of aromatic nitrogens is 2. The Morgan fingerprint density at radius 2 is 1.93 bits per heavy atom. The molecule has 0 spiro atoms. The van der Waals surface area contributed by atoms with E-state index in [1.165, 1.54) is 0 Å². The second-order valence-corrected chi connectivity index (χ2v) is 7.41. The topological polar surface area (TPSA) is 119 Å². The number of amides is 3. The second kappa shape index (κ2) is 9.12. The first-order valence-corrected chi connectivity index (χ1v) is 10.1. The van der Waals surface area contributed by atoms with E-state index < -0.39 is 6.03 Å². The first-order valence-electron chi connectivity index (χ1n) is 10.1. The summed E-state index contributed by atoms with van der Waals surface area (Å²) in [5.41, 5.74) is 0.530. The van der Waals surface area contributed by atoms with E-state index in [1.54, 1.807) is 18.2 Å². The highest BCUT2D eigenvalue weighted by atomic mass is 16.6. The summed E-state index contributed by atoms with van der Waals surface area (Å²) >= 11 is 0. The van der Waals surface area contributed by atoms with Gasteiger partial charge in [-0.25, -0.2) is 4.79 Å². The number of aryl methyl sites for hydroxylation is 1. The lowest BCUT2D eigenvalue weighted by Crippen LogP contribution is -2.39. The van der Waals surface area contributed by atoms with Crippen LogP contribution in [0.15, 0.2) is 22.7 Å². The molecule has 0 bridgehead atoms. The smallest absolute Gasteiger partial charge is 0.325 e. The van der Waals surface area contributed by atoms with Gasteiger partial charge in [0.2, 0.25) is 11.8 Å². The molecule has 10 nitrogen and oxygen atoms in total. The number of urea groups is 1. The van der Waals surface area contributed by atoms with Crippen molar-refractivity contribution >= 4 is 17.6 Å². The highest BCUT2D eigenvalue weighted by Crippen LogP contribution is 2.32. The van der Waals surface area contributed by atoms with Gasteiger partial charge in [-0.2, -0.15) is 4.98 Å². The number of ether oxygens (including phenoxy) is 2. The van der Waals surface area contributed by atoms with E-state index in [9.17, 15) is 9.59 Å². The monoisotopic (exact) mass is 415 g/mol. The fraction of sp³-hybridized carbons (Fsp3) is 0.500. The molecule has 2 N–H and O–H groups in total. The molecule has 3 amide bonds. The number of likely N-dealkylation sites (tertiary alicyclic amines) is 1. The third-order valence-corrected chi connectivity index (χ3v) is 5.19. The van der Waals surface area contributed by atoms with Gasteiger partial charge < -0.3 is 24.2 Å². The molecule has 1 saturated heterocycles. The first kappa shape index (κ1) is 20.1. The predicted octanol–water partition coefficient (Wildman–Crippen LogP) is 2.07. The van der Waals surface area contributed by atoms with E-state index in [2.05, 4.69) is 25.7 Å². The molecule has 30 heavy (non-hydrogen) atoms. The second-order valence-electron chi connectivity index (χ2n) is 7.41. The summed E-state index contributed by atoms with van der Waals surface area (Å²) in [7, 11) is 0. The average molecular weight is 415 g/mol. The van der Waals surface area contributed by atoms with Crippen molar-refractivity contribution < 1.29 is 23.6 Å². The van der Waals surface area contributed by atoms with Gasteiger partial charge in [0.05, 0.1) is 0 Å². The van der Waals surface area contributed by atoms with Crippen LogP contribution < -0.4 is 20.1 Å². The largest absolute Gasteiger partial charge is 0.486 e. The van der Waals surface area contributed by atoms with Gasteiger partial charge in [-0.1, -0.05) is 5.16 Å². The fourth-order valence-corrected chi connectivity index (χ4v) is 3.61. The lowest BCUT2D eigenvalue weighted by atomic mass is 9.96. The van der Waals surface area contributed by atoms with Crippen LogP contribution in [0.1, 0.15) is 36.9 Å². The van der Waals surface area contributed by atoms with Crippen LogP contribution >= 0.6 is 0 Å². The molecule has 4 rings (SSSR count). The predicted molar refractivity (Wildman–Crippen MR) is 107 cm³/mol. The lowest BCUT2D eigenvalue weighted by molar-refractivity contribution is -0.120. The van der Waals surface area contributed by atoms with Crippen LogP contribution in [-0.4, -0.2) is 59.8 Å². The normalized spacial score (nSPS) is 16.8. The van der Waals surface area contributed by atoms with Crippen LogP contribution in [0, 0.1) is 6.92 Å². The van der Waals surface area contributed by atoms with Crippen molar-refractivity contribution in [1.82, 2.24) is 20.4 Å². The van der Waals surface area contributed by atoms with Crippen molar-refractivity contribution in [2.45, 2.75) is 32.1 Å². The third-order valence-electron chi connectivity index (χ3n) is 5.19. The molecule has 0 unspecified atom stereocenters. The maximum absolute atomic E-state index is 12.1. The molecule has 2 aromatic rings. The summed E-state index contributed by atoms with van der Waals surface area (Å²) in [6.45, 7) is 5.07. The summed E-state index contributed by atoms with van der Waals surface area (Å²) in [4.78, 5) is 30.7. The molecule has 10 heteroatoms. The number of anilines is 1. The van der Waals surface area contributed by atoms with E-state index in [1.807, 2.05) is 6.92 Å². The number of nitrogens with one attached hydrogen (secondary N) is 2. The minimum absolute atomic E-state index is 0.249. The number of benzene rings is 1. The molecule has 2 aliphatic heterocycles. The lowest BCUT2D eigenvalue weighted by Gasteiger charge is -2.29. The minimum Gasteiger partial charge on any atom is -0.486 e. The summed E-state index contributed by atoms with van der Waals surface area (Å²) in [5, 5.41) is 8.85. The van der Waals surface area contributed by atoms with E-state index in [-0.39, 0.29) is 18.2 Å². The van der Waals surface area contributed by atoms with E-state index in [0.29, 0.717) is 48.7 Å². The Bertz CT molecular complexity index is 907. The first-order chi connectivity index (χ1) is 14.6. The van der Waals surface area contributed by atoms with Crippen molar-refractivity contribution in [3.63, 3.8) is 0 Å². The van der Waals surface area contributed by atoms with Gasteiger partial charge in [-0.3, -0.25) is 10.1 Å². The number of carbonyl (C=O) groups is 2. The number of nitrogens with zero attached hydrogens (tertiary/aromatic N) is 3. The highest BCUT2D eigenvalue weighted by molar-refractivity contribution is 6.01. The standard InChI is InChI=1S/C20H25N5O5/c1-13-21-19(30-24-13)14-4-7-25(8-5-14)9-6-18(26)23-20(27)22-15-2-3-16-17(12-15)29-11-10-28-16/h2-3,12,14H,4-11H2,1H3,(H2,22,23,26,27). The van der Waals surface area contributed by atoms with Gasteiger partial charge in [0, 0.05) is 30.6 Å². The molecular formula is C20H25N5O5. The number of imide groups is 1. The molecule has 1 aromatic heterocycles. The third kappa shape index (κ3) is 5.07. The Kier molecular flexibility index (Phi) is 6.12. The molecule has 1 aromatic carbocycles. The molecule has 0 atom stereocenters. The van der Waals surface area contributed by atoms with E-state index >= 15 is 0 Å². The van der Waals surface area contributed by atoms with Crippen LogP contribution in [0.2, 0.25) is 0 Å². The van der Waals surface area contributed by atoms with Crippen molar-refractivity contribution in [1.29, 1.82) is 0 Å². The zero-order chi connectivity index (χ0) is 20.9. The Labute approximate surface area is 173 Å². The van der Waals surface area contributed by atoms with Gasteiger partial charge in [0.1, 0.15) is 13.2 Å². The number of carbonyl (C=O) groups excluding carboxylic acids is 2. The van der Waals surface area contributed by atoms with Gasteiger partial charge in [-0.15, -0.1) is 0 Å². The SMILES string of the molecule is Cc1noc(C2CCN(CCC(=O)NC(=O)Nc3ccc4c(c3)OCCO4)CC2)n1. The fourth-order valence-electron chi connectivity index (χ4n) is 3.61. The Morgan fingerprint density at radius 1 is 1.17 bits per heavy atom. The number of hydrogen-bond acceptors (Lipinski definition) is 8. The molecule has 2 aliphatic rings. The maximum Gasteiger partial charge on any atom is 0.325 e. The summed E-state index contributed by atoms with van der Waals surface area (Å²) < 4.78 is 16.2. The molecule has 160 valence electrons. The van der Waals surface area contributed by atoms with Gasteiger partial charge in [0.15, 0.2) is 17.3 Å². The van der Waals surface area contributed by atoms with Crippen molar-refractivity contribution in [3.8, 4) is 11.5 Å². The van der Waals surface area contributed by atoms with Crippen LogP contribution in [0.25, 0.3) is 0 Å². The van der Waals surface area contributed by atoms with E-state index in [0.717, 1.165) is 25.9 Å². The number of fused-ring (bicyclic) bond motifs is 1. The zero-order valence-electron chi connectivity index (χ0n) is 16.8. The molecule has 0 aliphatic carbocycles. The molecule has 0 saturated carbocycles. The maximum atomic E-state index is 12.1. The van der Waals surface area contributed by atoms with E-state index in [4.69, 9.17) is 14.0 Å². The van der Waals surface area contributed by atoms with Crippen LogP contribution in [-0.2, 0) is 4.79 Å². The number of piperidine rings is 1. The molecule has 3 heterocycles. The van der Waals surface area contributed by atoms with Gasteiger partial charge >= 0.3 is 6.03 Å². The molecule has 1 fully saturated rings. The van der Waals surface area contributed by atoms with Crippen molar-refractivity contribution in [2.24, 2.45) is 0 Å². The summed E-state index contributed by atoms with van der Waals surface area (Å²) in [6, 6.07) is 4.54. The highest BCUT2D eigenvalue weighted by Gasteiger charge is 2.25.